The number of rotatable bonds is 6. The number of methoxy groups -OCH3 is 1. The van der Waals surface area contributed by atoms with Crippen molar-refractivity contribution in [1.82, 2.24) is 5.32 Å². The van der Waals surface area contributed by atoms with Crippen molar-refractivity contribution in [2.45, 2.75) is 38.8 Å². The molecule has 2 amide bonds. The molecule has 5 heteroatoms. The van der Waals surface area contributed by atoms with E-state index >= 15 is 0 Å². The average Bonchev–Trinajstić information content (AvgIpc) is 2.83. The largest absolute Gasteiger partial charge is 0.497 e. The highest BCUT2D eigenvalue weighted by Gasteiger charge is 2.47. The van der Waals surface area contributed by atoms with Crippen LogP contribution in [0.4, 0.5) is 5.69 Å². The highest BCUT2D eigenvalue weighted by atomic mass is 16.5. The quantitative estimate of drug-likeness (QED) is 0.627. The van der Waals surface area contributed by atoms with Gasteiger partial charge in [-0.2, -0.15) is 0 Å². The summed E-state index contributed by atoms with van der Waals surface area (Å²) in [6, 6.07) is 23.0. The minimum absolute atomic E-state index is 0.157. The summed E-state index contributed by atoms with van der Waals surface area (Å²) in [7, 11) is 1.62. The molecule has 1 atom stereocenters. The number of aryl methyl sites for hydroxylation is 1. The maximum Gasteiger partial charge on any atom is 0.259 e. The number of amides is 2. The number of carbonyl (C=O) groups is 2. The van der Waals surface area contributed by atoms with E-state index in [4.69, 9.17) is 4.74 Å². The molecule has 1 heterocycles. The van der Waals surface area contributed by atoms with E-state index in [2.05, 4.69) is 12.2 Å². The second-order valence-electron chi connectivity index (χ2n) is 8.30. The molecule has 5 nitrogen and oxygen atoms in total. The van der Waals surface area contributed by atoms with Crippen LogP contribution in [0.25, 0.3) is 0 Å². The smallest absolute Gasteiger partial charge is 0.259 e. The summed E-state index contributed by atoms with van der Waals surface area (Å²) >= 11 is 0. The molecule has 3 aromatic carbocycles. The summed E-state index contributed by atoms with van der Waals surface area (Å²) in [4.78, 5) is 28.8. The number of hydrogen-bond acceptors (Lipinski definition) is 3. The number of hydrogen-bond donors (Lipinski definition) is 1. The van der Waals surface area contributed by atoms with Gasteiger partial charge in [-0.25, -0.2) is 0 Å². The molecular weight excluding hydrogens is 400 g/mol. The van der Waals surface area contributed by atoms with E-state index in [0.717, 1.165) is 29.0 Å². The zero-order valence-corrected chi connectivity index (χ0v) is 18.7. The topological polar surface area (TPSA) is 58.6 Å². The van der Waals surface area contributed by atoms with Crippen LogP contribution >= 0.6 is 0 Å². The number of benzene rings is 3. The number of ether oxygens (including phenoxy) is 1. The summed E-state index contributed by atoms with van der Waals surface area (Å²) in [5, 5.41) is 3.05. The molecule has 1 aliphatic rings. The van der Waals surface area contributed by atoms with Crippen LogP contribution in [0.3, 0.4) is 0 Å². The van der Waals surface area contributed by atoms with Gasteiger partial charge in [0.25, 0.3) is 5.91 Å². The second-order valence-corrected chi connectivity index (χ2v) is 8.30. The zero-order chi connectivity index (χ0) is 22.7. The SMILES string of the molecule is CCc1ccc(N2C(=O)c3ccccc3CC2(C)C(=O)NCc2cccc(OC)c2)cc1. The van der Waals surface area contributed by atoms with E-state index in [9.17, 15) is 9.59 Å². The van der Waals surface area contributed by atoms with Crippen LogP contribution in [0.5, 0.6) is 5.75 Å². The Labute approximate surface area is 189 Å². The summed E-state index contributed by atoms with van der Waals surface area (Å²) in [6.07, 6.45) is 1.35. The average molecular weight is 429 g/mol. The summed E-state index contributed by atoms with van der Waals surface area (Å²) < 4.78 is 5.28. The predicted molar refractivity (Wildman–Crippen MR) is 126 cm³/mol. The van der Waals surface area contributed by atoms with E-state index in [1.54, 1.807) is 12.0 Å². The number of anilines is 1. The molecule has 0 fully saturated rings. The second kappa shape index (κ2) is 8.87. The van der Waals surface area contributed by atoms with Crippen molar-refractivity contribution in [3.63, 3.8) is 0 Å². The monoisotopic (exact) mass is 428 g/mol. The van der Waals surface area contributed by atoms with Crippen LogP contribution in [0, 0.1) is 0 Å². The van der Waals surface area contributed by atoms with E-state index in [1.807, 2.05) is 79.7 Å². The lowest BCUT2D eigenvalue weighted by molar-refractivity contribution is -0.126. The van der Waals surface area contributed by atoms with Gasteiger partial charge in [0.05, 0.1) is 7.11 Å². The van der Waals surface area contributed by atoms with Gasteiger partial charge in [-0.05, 0) is 60.4 Å². The normalized spacial score (nSPS) is 17.6. The number of fused-ring (bicyclic) bond motifs is 1. The van der Waals surface area contributed by atoms with Crippen LogP contribution < -0.4 is 15.0 Å². The van der Waals surface area contributed by atoms with Crippen molar-refractivity contribution >= 4 is 17.5 Å². The van der Waals surface area contributed by atoms with Crippen LogP contribution in [0.15, 0.2) is 72.8 Å². The molecule has 1 N–H and O–H groups in total. The van der Waals surface area contributed by atoms with E-state index in [0.29, 0.717) is 18.5 Å². The Hall–Kier alpha value is -3.60. The van der Waals surface area contributed by atoms with Crippen LogP contribution in [0.1, 0.15) is 40.9 Å². The van der Waals surface area contributed by atoms with Crippen molar-refractivity contribution in [1.29, 1.82) is 0 Å². The Morgan fingerprint density at radius 3 is 2.50 bits per heavy atom. The molecule has 0 spiro atoms. The third kappa shape index (κ3) is 3.98. The van der Waals surface area contributed by atoms with Gasteiger partial charge in [-0.3, -0.25) is 14.5 Å². The Morgan fingerprint density at radius 1 is 1.03 bits per heavy atom. The lowest BCUT2D eigenvalue weighted by atomic mass is 9.82. The zero-order valence-electron chi connectivity index (χ0n) is 18.7. The first-order valence-electron chi connectivity index (χ1n) is 10.9. The van der Waals surface area contributed by atoms with Crippen LogP contribution in [-0.2, 0) is 24.2 Å². The van der Waals surface area contributed by atoms with Crippen molar-refractivity contribution in [3.8, 4) is 5.75 Å². The first-order valence-corrected chi connectivity index (χ1v) is 10.9. The lowest BCUT2D eigenvalue weighted by Crippen LogP contribution is -2.63. The summed E-state index contributed by atoms with van der Waals surface area (Å²) in [6.45, 7) is 4.28. The van der Waals surface area contributed by atoms with E-state index in [1.165, 1.54) is 5.56 Å². The molecule has 0 aromatic heterocycles. The highest BCUT2D eigenvalue weighted by molar-refractivity contribution is 6.14. The Morgan fingerprint density at radius 2 is 1.78 bits per heavy atom. The molecule has 1 aliphatic heterocycles. The van der Waals surface area contributed by atoms with Gasteiger partial charge in [0, 0.05) is 24.2 Å². The first kappa shape index (κ1) is 21.6. The fourth-order valence-electron chi connectivity index (χ4n) is 4.30. The molecule has 0 radical (unpaired) electrons. The lowest BCUT2D eigenvalue weighted by Gasteiger charge is -2.44. The third-order valence-electron chi connectivity index (χ3n) is 6.16. The summed E-state index contributed by atoms with van der Waals surface area (Å²) in [5.41, 5.74) is 3.31. The maximum absolute atomic E-state index is 13.6. The first-order chi connectivity index (χ1) is 15.5. The molecule has 0 aliphatic carbocycles. The third-order valence-corrected chi connectivity index (χ3v) is 6.16. The van der Waals surface area contributed by atoms with Gasteiger partial charge < -0.3 is 10.1 Å². The fourth-order valence-corrected chi connectivity index (χ4v) is 4.30. The predicted octanol–water partition coefficient (Wildman–Crippen LogP) is 4.54. The van der Waals surface area contributed by atoms with Crippen molar-refractivity contribution < 1.29 is 14.3 Å². The minimum atomic E-state index is -1.06. The summed E-state index contributed by atoms with van der Waals surface area (Å²) in [5.74, 6) is 0.389. The Kier molecular flexibility index (Phi) is 5.99. The van der Waals surface area contributed by atoms with E-state index in [-0.39, 0.29) is 11.8 Å². The van der Waals surface area contributed by atoms with Gasteiger partial charge in [-0.1, -0.05) is 49.4 Å². The Balaban J connectivity index is 1.68. The molecule has 0 saturated heterocycles. The highest BCUT2D eigenvalue weighted by Crippen LogP contribution is 2.35. The molecule has 4 rings (SSSR count). The number of nitrogens with zero attached hydrogens (tertiary/aromatic N) is 1. The Bertz CT molecular complexity index is 1140. The molecule has 1 unspecified atom stereocenters. The standard InChI is InChI=1S/C27H28N2O3/c1-4-19-12-14-22(15-13-19)29-25(30)24-11-6-5-9-21(24)17-27(29,2)26(31)28-18-20-8-7-10-23(16-20)32-3/h5-16H,4,17-18H2,1-3H3,(H,28,31). The molecule has 32 heavy (non-hydrogen) atoms. The fraction of sp³-hybridized carbons (Fsp3) is 0.259. The number of carbonyl (C=O) groups excluding carboxylic acids is 2. The molecule has 0 bridgehead atoms. The van der Waals surface area contributed by atoms with Crippen LogP contribution in [0.2, 0.25) is 0 Å². The molecular formula is C27H28N2O3. The molecule has 3 aromatic rings. The van der Waals surface area contributed by atoms with E-state index < -0.39 is 5.54 Å². The van der Waals surface area contributed by atoms with Gasteiger partial charge in [0.15, 0.2) is 0 Å². The number of nitrogens with one attached hydrogen (secondary N) is 1. The van der Waals surface area contributed by atoms with Gasteiger partial charge in [-0.15, -0.1) is 0 Å². The molecule has 0 saturated carbocycles. The van der Waals surface area contributed by atoms with Crippen molar-refractivity contribution in [2.75, 3.05) is 12.0 Å². The van der Waals surface area contributed by atoms with Crippen molar-refractivity contribution in [2.24, 2.45) is 0 Å². The van der Waals surface area contributed by atoms with Gasteiger partial charge in [0.2, 0.25) is 5.91 Å². The molecule has 164 valence electrons. The van der Waals surface area contributed by atoms with Crippen LogP contribution in [-0.4, -0.2) is 24.5 Å². The maximum atomic E-state index is 13.6. The minimum Gasteiger partial charge on any atom is -0.497 e. The van der Waals surface area contributed by atoms with Gasteiger partial charge in [0.1, 0.15) is 11.3 Å². The van der Waals surface area contributed by atoms with Crippen molar-refractivity contribution in [3.05, 3.63) is 95.1 Å². The van der Waals surface area contributed by atoms with Gasteiger partial charge >= 0.3 is 0 Å².